The van der Waals surface area contributed by atoms with Crippen LogP contribution in [0.5, 0.6) is 0 Å². The molecule has 2 aliphatic rings. The molecule has 0 amide bonds. The van der Waals surface area contributed by atoms with Gasteiger partial charge in [-0.25, -0.2) is 0 Å². The summed E-state index contributed by atoms with van der Waals surface area (Å²) in [7, 11) is 0. The maximum atomic E-state index is 4.50. The summed E-state index contributed by atoms with van der Waals surface area (Å²) in [6.07, 6.45) is 5.71. The van der Waals surface area contributed by atoms with E-state index in [4.69, 9.17) is 0 Å². The molecule has 3 rings (SSSR count). The lowest BCUT2D eigenvalue weighted by molar-refractivity contribution is 0.317. The van der Waals surface area contributed by atoms with Crippen LogP contribution in [0, 0.1) is 0 Å². The molecule has 0 saturated carbocycles. The summed E-state index contributed by atoms with van der Waals surface area (Å²) in [4.78, 5) is 4.50. The molecule has 15 heavy (non-hydrogen) atoms. The molecule has 1 aromatic rings. The molecule has 2 heterocycles. The van der Waals surface area contributed by atoms with Gasteiger partial charge in [-0.2, -0.15) is 0 Å². The van der Waals surface area contributed by atoms with E-state index < -0.39 is 0 Å². The van der Waals surface area contributed by atoms with E-state index in [1.165, 1.54) is 24.1 Å². The summed E-state index contributed by atoms with van der Waals surface area (Å²) < 4.78 is 0. The van der Waals surface area contributed by atoms with Gasteiger partial charge in [-0.3, -0.25) is 4.99 Å². The van der Waals surface area contributed by atoms with Gasteiger partial charge in [0.15, 0.2) is 0 Å². The largest absolute Gasteiger partial charge is 0.317 e. The van der Waals surface area contributed by atoms with Crippen molar-refractivity contribution in [1.82, 2.24) is 5.32 Å². The maximum Gasteiger partial charge on any atom is 0.0663 e. The number of rotatable bonds is 0. The lowest BCUT2D eigenvalue weighted by Crippen LogP contribution is -2.41. The van der Waals surface area contributed by atoms with E-state index in [1.54, 1.807) is 0 Å². The average Bonchev–Trinajstić information content (AvgIpc) is 2.31. The van der Waals surface area contributed by atoms with Crippen LogP contribution in [0.1, 0.15) is 24.8 Å². The smallest absolute Gasteiger partial charge is 0.0663 e. The molecule has 1 spiro atoms. The first kappa shape index (κ1) is 9.10. The summed E-state index contributed by atoms with van der Waals surface area (Å²) in [6.45, 7) is 2.28. The van der Waals surface area contributed by atoms with Gasteiger partial charge in [0.2, 0.25) is 0 Å². The van der Waals surface area contributed by atoms with Crippen LogP contribution in [0.4, 0.5) is 5.69 Å². The molecule has 0 aliphatic carbocycles. The molecule has 2 aliphatic heterocycles. The van der Waals surface area contributed by atoms with Crippen molar-refractivity contribution >= 4 is 11.9 Å². The lowest BCUT2D eigenvalue weighted by atomic mass is 9.69. The summed E-state index contributed by atoms with van der Waals surface area (Å²) in [5, 5.41) is 3.44. The highest BCUT2D eigenvalue weighted by Crippen LogP contribution is 2.43. The zero-order valence-electron chi connectivity index (χ0n) is 8.87. The van der Waals surface area contributed by atoms with Gasteiger partial charge in [-0.05, 0) is 44.0 Å². The summed E-state index contributed by atoms with van der Waals surface area (Å²) >= 11 is 0. The number of para-hydroxylation sites is 1. The van der Waals surface area contributed by atoms with Crippen molar-refractivity contribution in [3.8, 4) is 0 Å². The van der Waals surface area contributed by atoms with E-state index >= 15 is 0 Å². The second-order valence-corrected chi connectivity index (χ2v) is 4.56. The predicted molar refractivity (Wildman–Crippen MR) is 63.0 cm³/mol. The van der Waals surface area contributed by atoms with Crippen molar-refractivity contribution in [2.75, 3.05) is 13.1 Å². The monoisotopic (exact) mass is 200 g/mol. The normalized spacial score (nSPS) is 22.7. The molecule has 0 aromatic heterocycles. The molecule has 0 radical (unpaired) electrons. The first-order chi connectivity index (χ1) is 7.41. The second kappa shape index (κ2) is 3.46. The quantitative estimate of drug-likeness (QED) is 0.683. The molecule has 1 aromatic carbocycles. The Labute approximate surface area is 90.4 Å². The number of piperidine rings is 1. The molecule has 1 N–H and O–H groups in total. The van der Waals surface area contributed by atoms with Crippen molar-refractivity contribution in [2.24, 2.45) is 4.99 Å². The Morgan fingerprint density at radius 2 is 1.93 bits per heavy atom. The third kappa shape index (κ3) is 1.40. The van der Waals surface area contributed by atoms with Crippen LogP contribution in [-0.4, -0.2) is 19.3 Å². The van der Waals surface area contributed by atoms with Crippen LogP contribution in [-0.2, 0) is 5.41 Å². The number of aliphatic imine (C=N–C) groups is 1. The SMILES string of the molecule is C1=Nc2ccccc2C2(C1)CCNCC2. The third-order valence-electron chi connectivity index (χ3n) is 3.75. The van der Waals surface area contributed by atoms with Crippen LogP contribution in [0.15, 0.2) is 29.3 Å². The zero-order chi connectivity index (χ0) is 10.1. The van der Waals surface area contributed by atoms with Crippen LogP contribution in [0.3, 0.4) is 0 Å². The molecule has 0 atom stereocenters. The van der Waals surface area contributed by atoms with Gasteiger partial charge in [0.25, 0.3) is 0 Å². The fourth-order valence-corrected chi connectivity index (χ4v) is 2.84. The van der Waals surface area contributed by atoms with Crippen LogP contribution in [0.25, 0.3) is 0 Å². The Hall–Kier alpha value is -1.15. The number of nitrogens with zero attached hydrogens (tertiary/aromatic N) is 1. The van der Waals surface area contributed by atoms with Crippen molar-refractivity contribution in [3.63, 3.8) is 0 Å². The summed E-state index contributed by atoms with van der Waals surface area (Å²) in [5.41, 5.74) is 3.03. The van der Waals surface area contributed by atoms with Gasteiger partial charge in [-0.15, -0.1) is 0 Å². The first-order valence-electron chi connectivity index (χ1n) is 5.74. The number of nitrogens with one attached hydrogen (secondary N) is 1. The molecule has 2 nitrogen and oxygen atoms in total. The fourth-order valence-electron chi connectivity index (χ4n) is 2.84. The predicted octanol–water partition coefficient (Wildman–Crippen LogP) is 2.41. The van der Waals surface area contributed by atoms with Crippen molar-refractivity contribution in [1.29, 1.82) is 0 Å². The molecule has 0 bridgehead atoms. The van der Waals surface area contributed by atoms with Crippen LogP contribution >= 0.6 is 0 Å². The van der Waals surface area contributed by atoms with Gasteiger partial charge in [0.05, 0.1) is 5.69 Å². The van der Waals surface area contributed by atoms with E-state index in [9.17, 15) is 0 Å². The van der Waals surface area contributed by atoms with Gasteiger partial charge in [0, 0.05) is 11.6 Å². The Bertz CT molecular complexity index is 389. The lowest BCUT2D eigenvalue weighted by Gasteiger charge is -2.39. The number of fused-ring (bicyclic) bond motifs is 2. The highest BCUT2D eigenvalue weighted by Gasteiger charge is 2.36. The first-order valence-corrected chi connectivity index (χ1v) is 5.74. The molecule has 0 unspecified atom stereocenters. The zero-order valence-corrected chi connectivity index (χ0v) is 8.87. The topological polar surface area (TPSA) is 24.4 Å². The van der Waals surface area contributed by atoms with Gasteiger partial charge >= 0.3 is 0 Å². The number of hydrogen-bond acceptors (Lipinski definition) is 2. The Morgan fingerprint density at radius 3 is 2.80 bits per heavy atom. The summed E-state index contributed by atoms with van der Waals surface area (Å²) in [6, 6.07) is 8.62. The number of benzene rings is 1. The third-order valence-corrected chi connectivity index (χ3v) is 3.75. The minimum atomic E-state index is 0.379. The van der Waals surface area contributed by atoms with Crippen molar-refractivity contribution in [2.45, 2.75) is 24.7 Å². The highest BCUT2D eigenvalue weighted by atomic mass is 14.9. The van der Waals surface area contributed by atoms with E-state index in [0.29, 0.717) is 5.41 Å². The Morgan fingerprint density at radius 1 is 1.13 bits per heavy atom. The maximum absolute atomic E-state index is 4.50. The standard InChI is InChI=1S/C13H16N2/c1-2-4-12-11(3-1)13(7-10-15-12)5-8-14-9-6-13/h1-4,10,14H,5-9H2. The fraction of sp³-hybridized carbons (Fsp3) is 0.462. The summed E-state index contributed by atoms with van der Waals surface area (Å²) in [5.74, 6) is 0. The van der Waals surface area contributed by atoms with Gasteiger partial charge in [-0.1, -0.05) is 18.2 Å². The molecular weight excluding hydrogens is 184 g/mol. The van der Waals surface area contributed by atoms with E-state index in [1.807, 2.05) is 0 Å². The van der Waals surface area contributed by atoms with Gasteiger partial charge < -0.3 is 5.32 Å². The molecule has 2 heteroatoms. The van der Waals surface area contributed by atoms with E-state index in [-0.39, 0.29) is 0 Å². The minimum Gasteiger partial charge on any atom is -0.317 e. The van der Waals surface area contributed by atoms with E-state index in [0.717, 1.165) is 19.5 Å². The molecule has 1 fully saturated rings. The number of hydrogen-bond donors (Lipinski definition) is 1. The van der Waals surface area contributed by atoms with E-state index in [2.05, 4.69) is 40.8 Å². The van der Waals surface area contributed by atoms with Crippen LogP contribution in [0.2, 0.25) is 0 Å². The molecular formula is C13H16N2. The average molecular weight is 200 g/mol. The van der Waals surface area contributed by atoms with Gasteiger partial charge in [0.1, 0.15) is 0 Å². The van der Waals surface area contributed by atoms with Crippen molar-refractivity contribution in [3.05, 3.63) is 29.8 Å². The van der Waals surface area contributed by atoms with Crippen LogP contribution < -0.4 is 5.32 Å². The Balaban J connectivity index is 2.08. The van der Waals surface area contributed by atoms with Crippen molar-refractivity contribution < 1.29 is 0 Å². The molecule has 78 valence electrons. The minimum absolute atomic E-state index is 0.379. The Kier molecular flexibility index (Phi) is 2.10. The highest BCUT2D eigenvalue weighted by molar-refractivity contribution is 5.72. The molecule has 1 saturated heterocycles. The second-order valence-electron chi connectivity index (χ2n) is 4.56.